The van der Waals surface area contributed by atoms with Crippen LogP contribution in [0.2, 0.25) is 0 Å². The molecule has 8 nitrogen and oxygen atoms in total. The van der Waals surface area contributed by atoms with Gasteiger partial charge in [0, 0.05) is 7.05 Å². The van der Waals surface area contributed by atoms with Gasteiger partial charge in [-0.05, 0) is 36.3 Å². The molecule has 2 N–H and O–H groups in total. The Balaban J connectivity index is 1.79. The molecule has 3 aromatic rings. The molecular weight excluding hydrogens is 387 g/mol. The van der Waals surface area contributed by atoms with Gasteiger partial charge >= 0.3 is 6.18 Å². The van der Waals surface area contributed by atoms with Crippen molar-refractivity contribution in [3.05, 3.63) is 41.1 Å². The lowest BCUT2D eigenvalue weighted by atomic mass is 10.0. The number of methoxy groups -OCH3 is 1. The van der Waals surface area contributed by atoms with Crippen LogP contribution in [0.4, 0.5) is 19.1 Å². The summed E-state index contributed by atoms with van der Waals surface area (Å²) >= 11 is 0. The fourth-order valence-electron chi connectivity index (χ4n) is 3.08. The van der Waals surface area contributed by atoms with Crippen molar-refractivity contribution in [1.82, 2.24) is 25.0 Å². The third-order valence-corrected chi connectivity index (χ3v) is 4.64. The second kappa shape index (κ2) is 6.54. The minimum absolute atomic E-state index is 0.0571. The molecule has 0 amide bonds. The van der Waals surface area contributed by atoms with E-state index in [0.717, 1.165) is 18.0 Å². The number of benzene rings is 1. The van der Waals surface area contributed by atoms with Crippen LogP contribution in [0.1, 0.15) is 23.7 Å². The van der Waals surface area contributed by atoms with Crippen molar-refractivity contribution in [2.75, 3.05) is 12.4 Å². The molecule has 2 heterocycles. The van der Waals surface area contributed by atoms with Crippen molar-refractivity contribution in [1.29, 1.82) is 5.41 Å². The van der Waals surface area contributed by atoms with E-state index in [1.807, 2.05) is 12.1 Å². The topological polar surface area (TPSA) is 102 Å². The van der Waals surface area contributed by atoms with E-state index in [9.17, 15) is 13.2 Å². The first-order valence-corrected chi connectivity index (χ1v) is 8.59. The van der Waals surface area contributed by atoms with Crippen LogP contribution in [0.5, 0.6) is 5.88 Å². The van der Waals surface area contributed by atoms with Gasteiger partial charge in [0.15, 0.2) is 0 Å². The predicted molar refractivity (Wildman–Crippen MR) is 100 cm³/mol. The number of aromatic nitrogens is 5. The van der Waals surface area contributed by atoms with Gasteiger partial charge < -0.3 is 10.1 Å². The van der Waals surface area contributed by atoms with Gasteiger partial charge in [-0.2, -0.15) is 18.2 Å². The molecule has 0 fully saturated rings. The summed E-state index contributed by atoms with van der Waals surface area (Å²) in [4.78, 5) is 8.22. The number of alkyl halides is 3. The molecule has 0 saturated heterocycles. The Morgan fingerprint density at radius 1 is 1.24 bits per heavy atom. The lowest BCUT2D eigenvalue weighted by Crippen LogP contribution is -2.34. The summed E-state index contributed by atoms with van der Waals surface area (Å²) < 4.78 is 45.6. The van der Waals surface area contributed by atoms with Crippen LogP contribution in [0.25, 0.3) is 16.6 Å². The van der Waals surface area contributed by atoms with E-state index in [-0.39, 0.29) is 23.2 Å². The Morgan fingerprint density at radius 3 is 2.69 bits per heavy atom. The summed E-state index contributed by atoms with van der Waals surface area (Å²) in [7, 11) is 3.13. The Hall–Kier alpha value is -3.50. The molecule has 1 aliphatic rings. The van der Waals surface area contributed by atoms with Gasteiger partial charge in [0.05, 0.1) is 23.9 Å². The van der Waals surface area contributed by atoms with Crippen LogP contribution >= 0.6 is 0 Å². The number of aryl methyl sites for hydroxylation is 1. The van der Waals surface area contributed by atoms with E-state index in [2.05, 4.69) is 25.6 Å². The first kappa shape index (κ1) is 18.8. The molecule has 29 heavy (non-hydrogen) atoms. The van der Waals surface area contributed by atoms with Crippen molar-refractivity contribution in [3.63, 3.8) is 0 Å². The number of halogens is 3. The molecule has 0 aliphatic heterocycles. The molecule has 0 bridgehead atoms. The molecule has 1 aromatic carbocycles. The molecule has 4 rings (SSSR count). The number of hydrogen-bond donors (Lipinski definition) is 2. The lowest BCUT2D eigenvalue weighted by molar-refractivity contribution is -0.138. The Morgan fingerprint density at radius 2 is 2.00 bits per heavy atom. The largest absolute Gasteiger partial charge is 0.480 e. The smallest absolute Gasteiger partial charge is 0.408 e. The van der Waals surface area contributed by atoms with E-state index in [1.54, 1.807) is 23.9 Å². The summed E-state index contributed by atoms with van der Waals surface area (Å²) in [6.45, 7) is 0.967. The molecule has 1 atom stereocenters. The molecule has 2 aromatic heterocycles. The van der Waals surface area contributed by atoms with E-state index in [0.29, 0.717) is 16.7 Å². The molecule has 1 aliphatic carbocycles. The molecule has 150 valence electrons. The first-order valence-electron chi connectivity index (χ1n) is 8.59. The zero-order valence-corrected chi connectivity index (χ0v) is 15.7. The minimum atomic E-state index is -4.46. The average molecular weight is 403 g/mol. The van der Waals surface area contributed by atoms with Crippen LogP contribution in [0, 0.1) is 5.41 Å². The highest BCUT2D eigenvalue weighted by Gasteiger charge is 2.37. The maximum Gasteiger partial charge on any atom is 0.408 e. The molecule has 0 radical (unpaired) electrons. The SMILES string of the molecule is COc1nc(N[C@H](C)C(F)(F)F)nc2c1C(c1ccc3nnn(C)c3c1)=CC2=N. The number of ether oxygens (including phenoxy) is 1. The van der Waals surface area contributed by atoms with Gasteiger partial charge in [-0.25, -0.2) is 9.67 Å². The maximum absolute atomic E-state index is 12.9. The number of rotatable bonds is 4. The molecular formula is C18H16F3N7O. The van der Waals surface area contributed by atoms with Gasteiger partial charge in [-0.3, -0.25) is 5.41 Å². The van der Waals surface area contributed by atoms with Gasteiger partial charge in [-0.15, -0.1) is 5.10 Å². The summed E-state index contributed by atoms with van der Waals surface area (Å²) in [5.41, 5.74) is 3.62. The van der Waals surface area contributed by atoms with Gasteiger partial charge in [0.1, 0.15) is 17.3 Å². The average Bonchev–Trinajstić information content (AvgIpc) is 3.21. The number of nitrogens with one attached hydrogen (secondary N) is 2. The van der Waals surface area contributed by atoms with Crippen molar-refractivity contribution >= 4 is 28.3 Å². The van der Waals surface area contributed by atoms with E-state index >= 15 is 0 Å². The number of allylic oxidation sites excluding steroid dienone is 1. The van der Waals surface area contributed by atoms with Crippen molar-refractivity contribution in [2.24, 2.45) is 7.05 Å². The number of nitrogens with zero attached hydrogens (tertiary/aromatic N) is 5. The van der Waals surface area contributed by atoms with Crippen LogP contribution in [-0.2, 0) is 7.05 Å². The second-order valence-electron chi connectivity index (χ2n) is 6.58. The highest BCUT2D eigenvalue weighted by molar-refractivity contribution is 6.20. The van der Waals surface area contributed by atoms with Gasteiger partial charge in [0.25, 0.3) is 0 Å². The van der Waals surface area contributed by atoms with Gasteiger partial charge in [0.2, 0.25) is 11.8 Å². The van der Waals surface area contributed by atoms with Crippen LogP contribution < -0.4 is 10.1 Å². The van der Waals surface area contributed by atoms with E-state index in [1.165, 1.54) is 7.11 Å². The minimum Gasteiger partial charge on any atom is -0.480 e. The van der Waals surface area contributed by atoms with Crippen LogP contribution in [-0.4, -0.2) is 50.0 Å². The highest BCUT2D eigenvalue weighted by Crippen LogP contribution is 2.38. The standard InChI is InChI=1S/C18H16F3N7O/c1-8(18(19,20)21)23-17-24-15-11(22)7-10(14(15)16(25-17)29-3)9-4-5-12-13(6-9)28(2)27-26-12/h4-8,22H,1-3H3,(H,23,24,25)/t8-/m1/s1. The first-order chi connectivity index (χ1) is 13.7. The summed E-state index contributed by atoms with van der Waals surface area (Å²) in [6.07, 6.45) is -2.87. The lowest BCUT2D eigenvalue weighted by Gasteiger charge is -2.18. The summed E-state index contributed by atoms with van der Waals surface area (Å²) in [5.74, 6) is -0.167. The number of hydrogen-bond acceptors (Lipinski definition) is 7. The van der Waals surface area contributed by atoms with Crippen LogP contribution in [0.15, 0.2) is 24.3 Å². The third-order valence-electron chi connectivity index (χ3n) is 4.64. The fraction of sp³-hybridized carbons (Fsp3) is 0.278. The third kappa shape index (κ3) is 3.18. The normalized spacial score (nSPS) is 14.7. The Kier molecular flexibility index (Phi) is 4.25. The molecule has 0 unspecified atom stereocenters. The van der Waals surface area contributed by atoms with Crippen LogP contribution in [0.3, 0.4) is 0 Å². The van der Waals surface area contributed by atoms with Gasteiger partial charge in [-0.1, -0.05) is 11.3 Å². The van der Waals surface area contributed by atoms with Crippen molar-refractivity contribution in [2.45, 2.75) is 19.1 Å². The Labute approximate surface area is 162 Å². The maximum atomic E-state index is 12.9. The summed E-state index contributed by atoms with van der Waals surface area (Å²) in [6, 6.07) is 3.63. The number of fused-ring (bicyclic) bond motifs is 2. The summed E-state index contributed by atoms with van der Waals surface area (Å²) in [5, 5.41) is 18.5. The zero-order valence-electron chi connectivity index (χ0n) is 15.7. The van der Waals surface area contributed by atoms with E-state index in [4.69, 9.17) is 10.1 Å². The van der Waals surface area contributed by atoms with E-state index < -0.39 is 12.2 Å². The van der Waals surface area contributed by atoms with Crippen molar-refractivity contribution in [3.8, 4) is 5.88 Å². The predicted octanol–water partition coefficient (Wildman–Crippen LogP) is 2.94. The number of anilines is 1. The highest BCUT2D eigenvalue weighted by atomic mass is 19.4. The Bertz CT molecular complexity index is 1170. The van der Waals surface area contributed by atoms with Crippen molar-refractivity contribution < 1.29 is 17.9 Å². The molecule has 0 saturated carbocycles. The molecule has 0 spiro atoms. The quantitative estimate of drug-likeness (QED) is 0.695. The fourth-order valence-corrected chi connectivity index (χ4v) is 3.08. The zero-order chi connectivity index (χ0) is 20.9. The molecule has 11 heteroatoms. The second-order valence-corrected chi connectivity index (χ2v) is 6.58. The monoisotopic (exact) mass is 403 g/mol.